The highest BCUT2D eigenvalue weighted by Crippen LogP contribution is 2.33. The highest BCUT2D eigenvalue weighted by atomic mass is 35.5. The number of hydrogen-bond acceptors (Lipinski definition) is 4. The number of hydrogen-bond donors (Lipinski definition) is 1. The molecule has 1 heterocycles. The third-order valence-corrected chi connectivity index (χ3v) is 4.30. The average molecular weight is 327 g/mol. The topological polar surface area (TPSA) is 64.8 Å². The third-order valence-electron chi connectivity index (χ3n) is 4.30. The van der Waals surface area contributed by atoms with Crippen LogP contribution in [0.5, 0.6) is 11.5 Å². The average Bonchev–Trinajstić information content (AvgIpc) is 2.45. The Morgan fingerprint density at radius 3 is 2.59 bits per heavy atom. The second-order valence-corrected chi connectivity index (χ2v) is 6.12. The van der Waals surface area contributed by atoms with Gasteiger partial charge in [0.15, 0.2) is 11.5 Å². The van der Waals surface area contributed by atoms with Crippen molar-refractivity contribution >= 4 is 18.3 Å². The summed E-state index contributed by atoms with van der Waals surface area (Å²) >= 11 is 0. The van der Waals surface area contributed by atoms with Gasteiger partial charge in [-0.25, -0.2) is 0 Å². The number of ether oxygens (including phenoxy) is 2. The van der Waals surface area contributed by atoms with E-state index >= 15 is 0 Å². The Morgan fingerprint density at radius 2 is 1.95 bits per heavy atom. The zero-order valence-electron chi connectivity index (χ0n) is 12.8. The van der Waals surface area contributed by atoms with Crippen LogP contribution in [0, 0.1) is 0 Å². The van der Waals surface area contributed by atoms with E-state index in [0.29, 0.717) is 26.2 Å². The standard InChI is InChI=1S/C16H22N2O3.ClH/c1-18(15(19)10-16(17)5-2-6-16)11-12-3-4-13-14(9-12)21-8-7-20-13;/h3-4,9H,2,5-8,10-11,17H2,1H3;1H. The lowest BCUT2D eigenvalue weighted by Crippen LogP contribution is -2.50. The fourth-order valence-electron chi connectivity index (χ4n) is 2.79. The van der Waals surface area contributed by atoms with Crippen LogP contribution in [0.4, 0.5) is 0 Å². The number of nitrogens with zero attached hydrogens (tertiary/aromatic N) is 1. The Hall–Kier alpha value is -1.46. The molecule has 0 atom stereocenters. The number of carbonyl (C=O) groups is 1. The molecule has 1 aliphatic carbocycles. The first kappa shape index (κ1) is 16.9. The first-order valence-electron chi connectivity index (χ1n) is 7.47. The molecule has 0 radical (unpaired) electrons. The molecular weight excluding hydrogens is 304 g/mol. The summed E-state index contributed by atoms with van der Waals surface area (Å²) in [6.07, 6.45) is 3.48. The second kappa shape index (κ2) is 6.75. The molecule has 0 spiro atoms. The molecule has 5 nitrogen and oxygen atoms in total. The molecule has 1 aromatic carbocycles. The van der Waals surface area contributed by atoms with Gasteiger partial charge in [0.2, 0.25) is 5.91 Å². The fourth-order valence-corrected chi connectivity index (χ4v) is 2.79. The molecule has 3 rings (SSSR count). The zero-order valence-corrected chi connectivity index (χ0v) is 13.7. The van der Waals surface area contributed by atoms with Gasteiger partial charge < -0.3 is 20.1 Å². The summed E-state index contributed by atoms with van der Waals surface area (Å²) < 4.78 is 11.1. The van der Waals surface area contributed by atoms with Gasteiger partial charge in [-0.1, -0.05) is 6.07 Å². The molecule has 1 aliphatic heterocycles. The minimum absolute atomic E-state index is 0. The molecule has 1 amide bonds. The van der Waals surface area contributed by atoms with Crippen molar-refractivity contribution in [3.63, 3.8) is 0 Å². The van der Waals surface area contributed by atoms with Gasteiger partial charge in [-0.3, -0.25) is 4.79 Å². The molecule has 0 bridgehead atoms. The lowest BCUT2D eigenvalue weighted by molar-refractivity contribution is -0.132. The van der Waals surface area contributed by atoms with E-state index in [2.05, 4.69) is 0 Å². The Kier molecular flexibility index (Phi) is 5.19. The van der Waals surface area contributed by atoms with Crippen LogP contribution < -0.4 is 15.2 Å². The van der Waals surface area contributed by atoms with E-state index in [1.807, 2.05) is 25.2 Å². The van der Waals surface area contributed by atoms with Crippen molar-refractivity contribution in [3.05, 3.63) is 23.8 Å². The summed E-state index contributed by atoms with van der Waals surface area (Å²) in [5, 5.41) is 0. The van der Waals surface area contributed by atoms with Crippen LogP contribution in [0.3, 0.4) is 0 Å². The van der Waals surface area contributed by atoms with E-state index in [0.717, 1.165) is 36.3 Å². The number of amides is 1. The molecule has 1 fully saturated rings. The van der Waals surface area contributed by atoms with E-state index in [1.165, 1.54) is 0 Å². The van der Waals surface area contributed by atoms with Crippen LogP contribution in [-0.4, -0.2) is 36.6 Å². The van der Waals surface area contributed by atoms with Gasteiger partial charge in [0.05, 0.1) is 0 Å². The van der Waals surface area contributed by atoms with Crippen molar-refractivity contribution in [2.75, 3.05) is 20.3 Å². The predicted octanol–water partition coefficient (Wildman–Crippen LogP) is 2.11. The van der Waals surface area contributed by atoms with Crippen LogP contribution in [0.1, 0.15) is 31.2 Å². The highest BCUT2D eigenvalue weighted by Gasteiger charge is 2.35. The zero-order chi connectivity index (χ0) is 14.9. The second-order valence-electron chi connectivity index (χ2n) is 6.12. The summed E-state index contributed by atoms with van der Waals surface area (Å²) in [5.74, 6) is 1.63. The van der Waals surface area contributed by atoms with Gasteiger partial charge in [-0.05, 0) is 37.0 Å². The SMILES string of the molecule is CN(Cc1ccc2c(c1)OCCO2)C(=O)CC1(N)CCC1.Cl. The van der Waals surface area contributed by atoms with Crippen molar-refractivity contribution in [1.82, 2.24) is 4.90 Å². The number of rotatable bonds is 4. The summed E-state index contributed by atoms with van der Waals surface area (Å²) in [6.45, 7) is 1.72. The third kappa shape index (κ3) is 3.65. The molecule has 2 aliphatic rings. The molecule has 2 N–H and O–H groups in total. The number of nitrogens with two attached hydrogens (primary N) is 1. The maximum Gasteiger partial charge on any atom is 0.224 e. The molecule has 22 heavy (non-hydrogen) atoms. The quantitative estimate of drug-likeness (QED) is 0.920. The van der Waals surface area contributed by atoms with Gasteiger partial charge in [0.25, 0.3) is 0 Å². The summed E-state index contributed by atoms with van der Waals surface area (Å²) in [6, 6.07) is 5.82. The monoisotopic (exact) mass is 326 g/mol. The smallest absolute Gasteiger partial charge is 0.224 e. The Labute approximate surface area is 137 Å². The Bertz CT molecular complexity index is 546. The maximum atomic E-state index is 12.2. The van der Waals surface area contributed by atoms with Crippen molar-refractivity contribution in [3.8, 4) is 11.5 Å². The normalized spacial score (nSPS) is 17.9. The van der Waals surface area contributed by atoms with Crippen LogP contribution in [-0.2, 0) is 11.3 Å². The molecule has 122 valence electrons. The molecule has 1 saturated carbocycles. The van der Waals surface area contributed by atoms with E-state index in [4.69, 9.17) is 15.2 Å². The first-order chi connectivity index (χ1) is 10.1. The number of carbonyl (C=O) groups excluding carboxylic acids is 1. The summed E-state index contributed by atoms with van der Waals surface area (Å²) in [5.41, 5.74) is 6.91. The molecule has 0 aromatic heterocycles. The van der Waals surface area contributed by atoms with Crippen LogP contribution in [0.2, 0.25) is 0 Å². The van der Waals surface area contributed by atoms with Gasteiger partial charge in [-0.2, -0.15) is 0 Å². The van der Waals surface area contributed by atoms with Crippen LogP contribution in [0.25, 0.3) is 0 Å². The van der Waals surface area contributed by atoms with Crippen LogP contribution in [0.15, 0.2) is 18.2 Å². The lowest BCUT2D eigenvalue weighted by Gasteiger charge is -2.38. The van der Waals surface area contributed by atoms with Gasteiger partial charge in [-0.15, -0.1) is 12.4 Å². The van der Waals surface area contributed by atoms with Crippen LogP contribution >= 0.6 is 12.4 Å². The predicted molar refractivity (Wildman–Crippen MR) is 86.5 cm³/mol. The number of benzene rings is 1. The largest absolute Gasteiger partial charge is 0.486 e. The highest BCUT2D eigenvalue weighted by molar-refractivity contribution is 5.85. The van der Waals surface area contributed by atoms with Crippen molar-refractivity contribution in [1.29, 1.82) is 0 Å². The number of fused-ring (bicyclic) bond motifs is 1. The maximum absolute atomic E-state index is 12.2. The van der Waals surface area contributed by atoms with Gasteiger partial charge in [0, 0.05) is 25.6 Å². The molecule has 0 unspecified atom stereocenters. The molecular formula is C16H23ClN2O3. The summed E-state index contributed by atoms with van der Waals surface area (Å²) in [4.78, 5) is 14.0. The van der Waals surface area contributed by atoms with E-state index < -0.39 is 0 Å². The fraction of sp³-hybridized carbons (Fsp3) is 0.562. The van der Waals surface area contributed by atoms with Crippen molar-refractivity contribution in [2.24, 2.45) is 5.73 Å². The molecule has 6 heteroatoms. The van der Waals surface area contributed by atoms with E-state index in [9.17, 15) is 4.79 Å². The van der Waals surface area contributed by atoms with Crippen molar-refractivity contribution < 1.29 is 14.3 Å². The number of halogens is 1. The van der Waals surface area contributed by atoms with E-state index in [-0.39, 0.29) is 23.9 Å². The van der Waals surface area contributed by atoms with E-state index in [1.54, 1.807) is 4.90 Å². The Balaban J connectivity index is 0.00000176. The summed E-state index contributed by atoms with van der Waals surface area (Å²) in [7, 11) is 1.82. The van der Waals surface area contributed by atoms with Gasteiger partial charge in [0.1, 0.15) is 13.2 Å². The lowest BCUT2D eigenvalue weighted by atomic mass is 9.75. The molecule has 0 saturated heterocycles. The first-order valence-corrected chi connectivity index (χ1v) is 7.47. The van der Waals surface area contributed by atoms with Gasteiger partial charge >= 0.3 is 0 Å². The Morgan fingerprint density at radius 1 is 1.27 bits per heavy atom. The molecule has 1 aromatic rings. The minimum atomic E-state index is -0.266. The van der Waals surface area contributed by atoms with Crippen molar-refractivity contribution in [2.45, 2.75) is 37.8 Å². The minimum Gasteiger partial charge on any atom is -0.486 e.